The van der Waals surface area contributed by atoms with E-state index in [1.807, 2.05) is 12.1 Å². The van der Waals surface area contributed by atoms with E-state index in [1.54, 1.807) is 36.4 Å². The second-order valence-corrected chi connectivity index (χ2v) is 7.76. The minimum atomic E-state index is -3.96. The number of benzene rings is 3. The molecule has 0 fully saturated rings. The van der Waals surface area contributed by atoms with Crippen molar-refractivity contribution < 1.29 is 17.4 Å². The summed E-state index contributed by atoms with van der Waals surface area (Å²) in [6.45, 7) is 1.44. The van der Waals surface area contributed by atoms with Gasteiger partial charge >= 0.3 is 10.1 Å². The Labute approximate surface area is 162 Å². The van der Waals surface area contributed by atoms with Crippen LogP contribution in [0.5, 0.6) is 5.75 Å². The molecule has 27 heavy (non-hydrogen) atoms. The second kappa shape index (κ2) is 7.82. The van der Waals surface area contributed by atoms with Gasteiger partial charge in [-0.1, -0.05) is 41.9 Å². The molecule has 0 atom stereocenters. The molecule has 7 heteroatoms. The van der Waals surface area contributed by atoms with E-state index < -0.39 is 10.1 Å². The number of carbonyl (C=O) groups is 1. The topological polar surface area (TPSA) is 72.5 Å². The van der Waals surface area contributed by atoms with E-state index in [4.69, 9.17) is 15.8 Å². The van der Waals surface area contributed by atoms with Crippen LogP contribution in [-0.2, 0) is 14.9 Å². The van der Waals surface area contributed by atoms with Crippen LogP contribution < -0.4 is 9.50 Å². The van der Waals surface area contributed by atoms with Crippen molar-refractivity contribution in [1.82, 2.24) is 0 Å². The molecular formula is C20H16ClNO4S. The number of nitrogens with one attached hydrogen (secondary N) is 1. The number of amides is 1. The van der Waals surface area contributed by atoms with Crippen LogP contribution in [0.15, 0.2) is 77.7 Å². The highest BCUT2D eigenvalue weighted by Crippen LogP contribution is 2.25. The number of hydrogen-bond donors (Lipinski definition) is 1. The van der Waals surface area contributed by atoms with Crippen LogP contribution in [0, 0.1) is 0 Å². The van der Waals surface area contributed by atoms with E-state index in [1.165, 1.54) is 31.2 Å². The first-order valence-electron chi connectivity index (χ1n) is 8.02. The molecule has 0 spiro atoms. The van der Waals surface area contributed by atoms with Crippen molar-refractivity contribution in [3.63, 3.8) is 0 Å². The minimum Gasteiger partial charge on any atom is -0.379 e. The normalized spacial score (nSPS) is 11.0. The molecule has 1 amide bonds. The molecule has 0 bridgehead atoms. The summed E-state index contributed by atoms with van der Waals surface area (Å²) in [7, 11) is -3.96. The van der Waals surface area contributed by atoms with Crippen molar-refractivity contribution >= 4 is 33.3 Å². The number of anilines is 1. The summed E-state index contributed by atoms with van der Waals surface area (Å²) in [6, 6.07) is 19.8. The molecule has 138 valence electrons. The fraction of sp³-hybridized carbons (Fsp3) is 0.0500. The Morgan fingerprint density at radius 2 is 1.52 bits per heavy atom. The average Bonchev–Trinajstić information content (AvgIpc) is 2.62. The number of hydrogen-bond acceptors (Lipinski definition) is 4. The van der Waals surface area contributed by atoms with Crippen molar-refractivity contribution in [2.45, 2.75) is 11.8 Å². The van der Waals surface area contributed by atoms with Crippen LogP contribution in [0.4, 0.5) is 5.69 Å². The van der Waals surface area contributed by atoms with Gasteiger partial charge in [-0.2, -0.15) is 8.42 Å². The molecule has 3 aromatic carbocycles. The van der Waals surface area contributed by atoms with Gasteiger partial charge in [-0.05, 0) is 47.5 Å². The lowest BCUT2D eigenvalue weighted by atomic mass is 10.1. The number of rotatable bonds is 5. The van der Waals surface area contributed by atoms with Gasteiger partial charge in [0.05, 0.1) is 0 Å². The fourth-order valence-electron chi connectivity index (χ4n) is 2.46. The highest BCUT2D eigenvalue weighted by atomic mass is 35.5. The van der Waals surface area contributed by atoms with Gasteiger partial charge in [0.15, 0.2) is 0 Å². The van der Waals surface area contributed by atoms with Crippen molar-refractivity contribution in [3.8, 4) is 16.9 Å². The Hall–Kier alpha value is -2.83. The van der Waals surface area contributed by atoms with E-state index in [9.17, 15) is 13.2 Å². The van der Waals surface area contributed by atoms with E-state index in [0.717, 1.165) is 11.1 Å². The summed E-state index contributed by atoms with van der Waals surface area (Å²) in [5.74, 6) is 0.0112. The highest BCUT2D eigenvalue weighted by Gasteiger charge is 2.17. The smallest absolute Gasteiger partial charge is 0.339 e. The molecule has 0 aliphatic heterocycles. The fourth-order valence-corrected chi connectivity index (χ4v) is 3.56. The molecule has 0 saturated heterocycles. The third-order valence-corrected chi connectivity index (χ3v) is 5.18. The zero-order chi connectivity index (χ0) is 19.4. The van der Waals surface area contributed by atoms with Crippen molar-refractivity contribution in [3.05, 3.63) is 77.8 Å². The Bertz CT molecular complexity index is 1060. The molecular weight excluding hydrogens is 386 g/mol. The van der Waals surface area contributed by atoms with Crippen LogP contribution >= 0.6 is 11.6 Å². The molecule has 1 N–H and O–H groups in total. The third-order valence-electron chi connectivity index (χ3n) is 3.68. The predicted octanol–water partition coefficient (Wildman–Crippen LogP) is 4.73. The first-order chi connectivity index (χ1) is 12.8. The van der Waals surface area contributed by atoms with Gasteiger partial charge in [-0.15, -0.1) is 0 Å². The largest absolute Gasteiger partial charge is 0.379 e. The van der Waals surface area contributed by atoms with Crippen LogP contribution in [0.1, 0.15) is 6.92 Å². The Morgan fingerprint density at radius 1 is 0.926 bits per heavy atom. The lowest BCUT2D eigenvalue weighted by Crippen LogP contribution is -2.09. The van der Waals surface area contributed by atoms with E-state index in [2.05, 4.69) is 5.32 Å². The minimum absolute atomic E-state index is 0.0427. The standard InChI is InChI=1S/C20H16ClNO4S/c1-14(23)22-18-9-5-15(6-10-18)16-7-11-20(12-8-16)27(24,25)26-19-4-2-3-17(21)13-19/h2-13H,1H3,(H,22,23). The summed E-state index contributed by atoms with van der Waals surface area (Å²) in [5, 5.41) is 3.08. The third kappa shape index (κ3) is 4.87. The van der Waals surface area contributed by atoms with Crippen molar-refractivity contribution in [1.29, 1.82) is 0 Å². The predicted molar refractivity (Wildman–Crippen MR) is 105 cm³/mol. The Kier molecular flexibility index (Phi) is 5.48. The maximum Gasteiger partial charge on any atom is 0.339 e. The highest BCUT2D eigenvalue weighted by molar-refractivity contribution is 7.87. The summed E-state index contributed by atoms with van der Waals surface area (Å²) in [5.41, 5.74) is 2.43. The summed E-state index contributed by atoms with van der Waals surface area (Å²) in [6.07, 6.45) is 0. The van der Waals surface area contributed by atoms with Crippen molar-refractivity contribution in [2.75, 3.05) is 5.32 Å². The maximum atomic E-state index is 12.4. The quantitative estimate of drug-likeness (QED) is 0.627. The molecule has 0 aliphatic carbocycles. The second-order valence-electron chi connectivity index (χ2n) is 5.78. The molecule has 0 unspecified atom stereocenters. The lowest BCUT2D eigenvalue weighted by Gasteiger charge is -2.09. The van der Waals surface area contributed by atoms with Crippen LogP contribution in [0.3, 0.4) is 0 Å². The Morgan fingerprint density at radius 3 is 2.07 bits per heavy atom. The van der Waals surface area contributed by atoms with Gasteiger partial charge in [0.2, 0.25) is 5.91 Å². The maximum absolute atomic E-state index is 12.4. The lowest BCUT2D eigenvalue weighted by molar-refractivity contribution is -0.114. The summed E-state index contributed by atoms with van der Waals surface area (Å²) in [4.78, 5) is 11.1. The summed E-state index contributed by atoms with van der Waals surface area (Å²) < 4.78 is 29.9. The van der Waals surface area contributed by atoms with Gasteiger partial charge in [0, 0.05) is 23.7 Å². The van der Waals surface area contributed by atoms with Crippen molar-refractivity contribution in [2.24, 2.45) is 0 Å². The molecule has 0 heterocycles. The number of halogens is 1. The van der Waals surface area contributed by atoms with Crippen LogP contribution in [0.2, 0.25) is 5.02 Å². The molecule has 0 radical (unpaired) electrons. The average molecular weight is 402 g/mol. The monoisotopic (exact) mass is 401 g/mol. The van der Waals surface area contributed by atoms with Gasteiger partial charge in [-0.25, -0.2) is 0 Å². The SMILES string of the molecule is CC(=O)Nc1ccc(-c2ccc(S(=O)(=O)Oc3cccc(Cl)c3)cc2)cc1. The van der Waals surface area contributed by atoms with E-state index >= 15 is 0 Å². The van der Waals surface area contributed by atoms with Gasteiger partial charge in [0.25, 0.3) is 0 Å². The molecule has 0 aromatic heterocycles. The molecule has 0 saturated carbocycles. The van der Waals surface area contributed by atoms with E-state index in [-0.39, 0.29) is 16.6 Å². The molecule has 3 rings (SSSR count). The van der Waals surface area contributed by atoms with Crippen LogP contribution in [0.25, 0.3) is 11.1 Å². The first kappa shape index (κ1) is 18.9. The summed E-state index contributed by atoms with van der Waals surface area (Å²) >= 11 is 5.85. The van der Waals surface area contributed by atoms with Crippen LogP contribution in [-0.4, -0.2) is 14.3 Å². The zero-order valence-corrected chi connectivity index (χ0v) is 15.9. The Balaban J connectivity index is 1.79. The molecule has 5 nitrogen and oxygen atoms in total. The molecule has 3 aromatic rings. The number of carbonyl (C=O) groups excluding carboxylic acids is 1. The van der Waals surface area contributed by atoms with Gasteiger partial charge in [0.1, 0.15) is 10.6 Å². The van der Waals surface area contributed by atoms with Gasteiger partial charge in [-0.3, -0.25) is 4.79 Å². The van der Waals surface area contributed by atoms with E-state index in [0.29, 0.717) is 10.7 Å². The molecule has 0 aliphatic rings. The zero-order valence-electron chi connectivity index (χ0n) is 14.3. The van der Waals surface area contributed by atoms with Gasteiger partial charge < -0.3 is 9.50 Å². The first-order valence-corrected chi connectivity index (χ1v) is 9.80.